The van der Waals surface area contributed by atoms with Crippen LogP contribution in [0.2, 0.25) is 0 Å². The molecule has 5 heteroatoms. The van der Waals surface area contributed by atoms with Gasteiger partial charge in [-0.05, 0) is 68.0 Å². The van der Waals surface area contributed by atoms with Crippen molar-refractivity contribution in [1.82, 2.24) is 10.6 Å². The Balaban J connectivity index is 1.49. The molecule has 0 radical (unpaired) electrons. The van der Waals surface area contributed by atoms with Crippen molar-refractivity contribution in [1.29, 1.82) is 0 Å². The average Bonchev–Trinajstić information content (AvgIpc) is 2.82. The second kappa shape index (κ2) is 11.8. The molecule has 1 unspecified atom stereocenters. The maximum Gasteiger partial charge on any atom is 0.220 e. The van der Waals surface area contributed by atoms with Gasteiger partial charge >= 0.3 is 0 Å². The van der Waals surface area contributed by atoms with Crippen LogP contribution in [-0.4, -0.2) is 28.2 Å². The van der Waals surface area contributed by atoms with Gasteiger partial charge in [-0.15, -0.1) is 0 Å². The van der Waals surface area contributed by atoms with Gasteiger partial charge < -0.3 is 20.8 Å². The predicted molar refractivity (Wildman–Crippen MR) is 137 cm³/mol. The zero-order valence-corrected chi connectivity index (χ0v) is 20.3. The molecule has 0 fully saturated rings. The maximum atomic E-state index is 12.4. The third-order valence-electron chi connectivity index (χ3n) is 6.01. The van der Waals surface area contributed by atoms with Crippen molar-refractivity contribution in [2.45, 2.75) is 57.7 Å². The number of amides is 1. The van der Waals surface area contributed by atoms with Crippen LogP contribution in [0.3, 0.4) is 0 Å². The molecule has 3 aromatic rings. The van der Waals surface area contributed by atoms with Crippen LogP contribution in [0.4, 0.5) is 0 Å². The van der Waals surface area contributed by atoms with Crippen molar-refractivity contribution in [3.63, 3.8) is 0 Å². The summed E-state index contributed by atoms with van der Waals surface area (Å²) in [5.74, 6) is 0.235. The molecule has 0 bridgehead atoms. The monoisotopic (exact) mass is 460 g/mol. The maximum absolute atomic E-state index is 12.4. The van der Waals surface area contributed by atoms with Crippen molar-refractivity contribution in [3.8, 4) is 5.75 Å². The second-order valence-electron chi connectivity index (χ2n) is 9.57. The lowest BCUT2D eigenvalue weighted by Gasteiger charge is -2.28. The molecule has 0 heterocycles. The number of phenols is 1. The molecule has 1 amide bonds. The minimum Gasteiger partial charge on any atom is -0.508 e. The molecule has 3 aromatic carbocycles. The number of hydrogen-bond donors (Lipinski definition) is 4. The predicted octanol–water partition coefficient (Wildman–Crippen LogP) is 4.85. The van der Waals surface area contributed by atoms with E-state index in [2.05, 4.69) is 42.7 Å². The second-order valence-corrected chi connectivity index (χ2v) is 9.57. The highest BCUT2D eigenvalue weighted by Crippen LogP contribution is 2.19. The highest BCUT2D eigenvalue weighted by Gasteiger charge is 2.20. The Labute approximate surface area is 202 Å². The van der Waals surface area contributed by atoms with Gasteiger partial charge in [-0.1, -0.05) is 66.7 Å². The molecule has 2 atom stereocenters. The number of rotatable bonds is 11. The van der Waals surface area contributed by atoms with E-state index in [0.717, 1.165) is 23.1 Å². The highest BCUT2D eigenvalue weighted by atomic mass is 16.3. The summed E-state index contributed by atoms with van der Waals surface area (Å²) in [4.78, 5) is 12.4. The standard InChI is InChI=1S/C29H36N2O3/c1-21(24-10-5-4-6-11-24)31-28(34)17-12-22-8-7-9-23(18-22)19-29(2,3)30-20-27(33)25-13-15-26(32)16-14-25/h4-11,13-16,18,21,27,30,32-33H,12,17,19-20H2,1-3H3,(H,31,34)/t21-,27?/m0/s1. The van der Waals surface area contributed by atoms with E-state index in [9.17, 15) is 15.0 Å². The van der Waals surface area contributed by atoms with Gasteiger partial charge in [0.15, 0.2) is 0 Å². The molecule has 0 saturated heterocycles. The minimum atomic E-state index is -0.650. The lowest BCUT2D eigenvalue weighted by atomic mass is 9.93. The Morgan fingerprint density at radius 2 is 1.59 bits per heavy atom. The third kappa shape index (κ3) is 8.01. The molecule has 0 aliphatic heterocycles. The van der Waals surface area contributed by atoms with E-state index in [4.69, 9.17) is 0 Å². The number of carbonyl (C=O) groups excluding carboxylic acids is 1. The van der Waals surface area contributed by atoms with E-state index in [-0.39, 0.29) is 23.2 Å². The largest absolute Gasteiger partial charge is 0.508 e. The van der Waals surface area contributed by atoms with Crippen LogP contribution in [0.15, 0.2) is 78.9 Å². The van der Waals surface area contributed by atoms with Gasteiger partial charge in [-0.25, -0.2) is 0 Å². The molecule has 0 spiro atoms. The Kier molecular flexibility index (Phi) is 8.85. The number of benzene rings is 3. The van der Waals surface area contributed by atoms with Crippen LogP contribution >= 0.6 is 0 Å². The molecule has 0 aliphatic carbocycles. The summed E-state index contributed by atoms with van der Waals surface area (Å²) in [5, 5.41) is 26.4. The first-order valence-electron chi connectivity index (χ1n) is 11.9. The number of phenolic OH excluding ortho intramolecular Hbond substituents is 1. The Morgan fingerprint density at radius 3 is 2.29 bits per heavy atom. The molecule has 0 saturated carbocycles. The van der Waals surface area contributed by atoms with Crippen LogP contribution < -0.4 is 10.6 Å². The summed E-state index contributed by atoms with van der Waals surface area (Å²) >= 11 is 0. The smallest absolute Gasteiger partial charge is 0.220 e. The number of aromatic hydroxyl groups is 1. The summed E-state index contributed by atoms with van der Waals surface area (Å²) < 4.78 is 0. The van der Waals surface area contributed by atoms with E-state index < -0.39 is 6.10 Å². The molecule has 180 valence electrons. The number of β-amino-alcohol motifs (C(OH)–C–C–N with tert-alkyl or cyclic N) is 1. The SMILES string of the molecule is C[C@H](NC(=O)CCc1cccc(CC(C)(C)NCC(O)c2ccc(O)cc2)c1)c1ccccc1. The van der Waals surface area contributed by atoms with E-state index in [1.165, 1.54) is 5.56 Å². The summed E-state index contributed by atoms with van der Waals surface area (Å²) in [6.45, 7) is 6.64. The number of hydrogen-bond acceptors (Lipinski definition) is 4. The topological polar surface area (TPSA) is 81.6 Å². The summed E-state index contributed by atoms with van der Waals surface area (Å²) in [5.41, 5.74) is 3.97. The van der Waals surface area contributed by atoms with Gasteiger partial charge in [0, 0.05) is 18.5 Å². The van der Waals surface area contributed by atoms with E-state index in [0.29, 0.717) is 19.4 Å². The van der Waals surface area contributed by atoms with Gasteiger partial charge in [0.25, 0.3) is 0 Å². The fourth-order valence-electron chi connectivity index (χ4n) is 4.05. The van der Waals surface area contributed by atoms with Crippen LogP contribution in [0.1, 0.15) is 61.6 Å². The van der Waals surface area contributed by atoms with Crippen molar-refractivity contribution in [2.75, 3.05) is 6.54 Å². The van der Waals surface area contributed by atoms with E-state index in [1.54, 1.807) is 24.3 Å². The van der Waals surface area contributed by atoms with Crippen molar-refractivity contribution < 1.29 is 15.0 Å². The molecular formula is C29H36N2O3. The van der Waals surface area contributed by atoms with Crippen LogP contribution in [0.25, 0.3) is 0 Å². The van der Waals surface area contributed by atoms with Crippen molar-refractivity contribution in [2.24, 2.45) is 0 Å². The molecule has 3 rings (SSSR count). The van der Waals surface area contributed by atoms with Crippen LogP contribution in [0.5, 0.6) is 5.75 Å². The van der Waals surface area contributed by atoms with Gasteiger partial charge in [-0.2, -0.15) is 0 Å². The molecular weight excluding hydrogens is 424 g/mol. The van der Waals surface area contributed by atoms with Crippen LogP contribution in [-0.2, 0) is 17.6 Å². The summed E-state index contributed by atoms with van der Waals surface area (Å²) in [7, 11) is 0. The van der Waals surface area contributed by atoms with Crippen molar-refractivity contribution in [3.05, 3.63) is 101 Å². The average molecular weight is 461 g/mol. The van der Waals surface area contributed by atoms with Gasteiger partial charge in [0.05, 0.1) is 12.1 Å². The summed E-state index contributed by atoms with van der Waals surface area (Å²) in [6, 6.07) is 24.9. The molecule has 5 nitrogen and oxygen atoms in total. The first-order chi connectivity index (χ1) is 16.2. The molecule has 0 aliphatic rings. The zero-order valence-electron chi connectivity index (χ0n) is 20.3. The van der Waals surface area contributed by atoms with Gasteiger partial charge in [-0.3, -0.25) is 4.79 Å². The molecule has 0 aromatic heterocycles. The Bertz CT molecular complexity index is 1050. The third-order valence-corrected chi connectivity index (χ3v) is 6.01. The van der Waals surface area contributed by atoms with E-state index >= 15 is 0 Å². The summed E-state index contributed by atoms with van der Waals surface area (Å²) in [6.07, 6.45) is 1.28. The van der Waals surface area contributed by atoms with Gasteiger partial charge in [0.1, 0.15) is 5.75 Å². The lowest BCUT2D eigenvalue weighted by molar-refractivity contribution is -0.121. The molecule has 4 N–H and O–H groups in total. The number of aliphatic hydroxyl groups excluding tert-OH is 1. The first-order valence-corrected chi connectivity index (χ1v) is 11.9. The number of aliphatic hydroxyl groups is 1. The number of carbonyl (C=O) groups is 1. The quantitative estimate of drug-likeness (QED) is 0.330. The Morgan fingerprint density at radius 1 is 0.912 bits per heavy atom. The number of aryl methyl sites for hydroxylation is 1. The Hall–Kier alpha value is -3.15. The fourth-order valence-corrected chi connectivity index (χ4v) is 4.05. The highest BCUT2D eigenvalue weighted by molar-refractivity contribution is 5.76. The zero-order chi connectivity index (χ0) is 24.6. The lowest BCUT2D eigenvalue weighted by Crippen LogP contribution is -2.43. The van der Waals surface area contributed by atoms with Crippen molar-refractivity contribution >= 4 is 5.91 Å². The fraction of sp³-hybridized carbons (Fsp3) is 0.345. The normalized spacial score (nSPS) is 13.3. The molecule has 34 heavy (non-hydrogen) atoms. The number of nitrogens with one attached hydrogen (secondary N) is 2. The first kappa shape index (κ1) is 25.5. The van der Waals surface area contributed by atoms with Gasteiger partial charge in [0.2, 0.25) is 5.91 Å². The minimum absolute atomic E-state index is 0.0103. The van der Waals surface area contributed by atoms with Crippen LogP contribution in [0, 0.1) is 0 Å². The van der Waals surface area contributed by atoms with E-state index in [1.807, 2.05) is 43.3 Å².